The molecule has 0 radical (unpaired) electrons. The first-order chi connectivity index (χ1) is 15.9. The largest absolute Gasteiger partial charge is 0.296 e. The summed E-state index contributed by atoms with van der Waals surface area (Å²) >= 11 is 2.80. The maximum Gasteiger partial charge on any atom is 0.264 e. The van der Waals surface area contributed by atoms with Gasteiger partial charge in [-0.05, 0) is 35.9 Å². The lowest BCUT2D eigenvalue weighted by Gasteiger charge is -2.19. The Balaban J connectivity index is 1.44. The number of nitrogens with one attached hydrogen (secondary N) is 1. The highest BCUT2D eigenvalue weighted by Crippen LogP contribution is 2.29. The topological polar surface area (TPSA) is 92.3 Å². The Morgan fingerprint density at radius 3 is 2.39 bits per heavy atom. The number of rotatable bonds is 8. The first-order valence-corrected chi connectivity index (χ1v) is 13.1. The number of aromatic nitrogens is 2. The Hall–Kier alpha value is -3.21. The summed E-state index contributed by atoms with van der Waals surface area (Å²) in [7, 11) is -2.35. The molecule has 1 heterocycles. The van der Waals surface area contributed by atoms with Crippen LogP contribution in [0.25, 0.3) is 0 Å². The van der Waals surface area contributed by atoms with Crippen molar-refractivity contribution in [2.75, 3.05) is 16.7 Å². The zero-order valence-corrected chi connectivity index (χ0v) is 20.0. The fraction of sp³-hybridized carbons (Fsp3) is 0.0870. The molecule has 1 amide bonds. The van der Waals surface area contributed by atoms with Gasteiger partial charge in [0.25, 0.3) is 15.9 Å². The highest BCUT2D eigenvalue weighted by Gasteiger charge is 2.22. The first-order valence-electron chi connectivity index (χ1n) is 9.89. The van der Waals surface area contributed by atoms with E-state index in [1.165, 1.54) is 52.1 Å². The van der Waals surface area contributed by atoms with Crippen molar-refractivity contribution >= 4 is 49.8 Å². The zero-order valence-electron chi connectivity index (χ0n) is 17.6. The number of benzene rings is 3. The summed E-state index contributed by atoms with van der Waals surface area (Å²) in [5.41, 5.74) is 1.91. The highest BCUT2D eigenvalue weighted by atomic mass is 32.2. The zero-order chi connectivity index (χ0) is 23.3. The number of hydrogen-bond donors (Lipinski definition) is 1. The van der Waals surface area contributed by atoms with Crippen LogP contribution in [0.4, 0.5) is 10.8 Å². The lowest BCUT2D eigenvalue weighted by molar-refractivity contribution is 0.102. The van der Waals surface area contributed by atoms with E-state index in [0.29, 0.717) is 10.8 Å². The quantitative estimate of drug-likeness (QED) is 0.275. The van der Waals surface area contributed by atoms with Crippen LogP contribution in [-0.4, -0.2) is 31.6 Å². The van der Waals surface area contributed by atoms with Crippen LogP contribution in [0.15, 0.2) is 94.2 Å². The lowest BCUT2D eigenvalue weighted by Crippen LogP contribution is -2.26. The summed E-state index contributed by atoms with van der Waals surface area (Å²) in [6, 6.07) is 24.7. The van der Waals surface area contributed by atoms with E-state index in [4.69, 9.17) is 0 Å². The molecule has 0 unspecified atom stereocenters. The van der Waals surface area contributed by atoms with Crippen molar-refractivity contribution < 1.29 is 13.2 Å². The number of para-hydroxylation sites is 1. The summed E-state index contributed by atoms with van der Waals surface area (Å²) < 4.78 is 28.0. The smallest absolute Gasteiger partial charge is 0.264 e. The fourth-order valence-corrected chi connectivity index (χ4v) is 5.88. The van der Waals surface area contributed by atoms with E-state index in [1.807, 2.05) is 36.4 Å². The molecule has 7 nitrogen and oxygen atoms in total. The Kier molecular flexibility index (Phi) is 7.07. The summed E-state index contributed by atoms with van der Waals surface area (Å²) in [4.78, 5) is 12.8. The van der Waals surface area contributed by atoms with Gasteiger partial charge in [-0.15, -0.1) is 10.2 Å². The summed E-state index contributed by atoms with van der Waals surface area (Å²) in [6.45, 7) is 0. The third-order valence-electron chi connectivity index (χ3n) is 4.71. The van der Waals surface area contributed by atoms with Gasteiger partial charge in [0.05, 0.1) is 10.6 Å². The van der Waals surface area contributed by atoms with Gasteiger partial charge in [-0.2, -0.15) is 0 Å². The number of nitrogens with zero attached hydrogens (tertiary/aromatic N) is 3. The molecule has 4 aromatic rings. The summed E-state index contributed by atoms with van der Waals surface area (Å²) in [6.07, 6.45) is 0. The van der Waals surface area contributed by atoms with Crippen LogP contribution in [0, 0.1) is 0 Å². The third kappa shape index (κ3) is 5.59. The van der Waals surface area contributed by atoms with Crippen molar-refractivity contribution in [2.45, 2.75) is 15.0 Å². The molecule has 4 rings (SSSR count). The second kappa shape index (κ2) is 10.2. The predicted molar refractivity (Wildman–Crippen MR) is 132 cm³/mol. The average molecular weight is 497 g/mol. The molecule has 3 aromatic carbocycles. The van der Waals surface area contributed by atoms with Crippen LogP contribution < -0.4 is 9.62 Å². The normalized spacial score (nSPS) is 11.2. The van der Waals surface area contributed by atoms with E-state index >= 15 is 0 Å². The van der Waals surface area contributed by atoms with Gasteiger partial charge in [0.2, 0.25) is 5.13 Å². The Bertz CT molecular complexity index is 1340. The molecule has 1 N–H and O–H groups in total. The minimum atomic E-state index is -3.83. The van der Waals surface area contributed by atoms with Crippen LogP contribution >= 0.6 is 23.1 Å². The van der Waals surface area contributed by atoms with Crippen molar-refractivity contribution in [3.05, 3.63) is 96.1 Å². The minimum absolute atomic E-state index is 0.0258. The SMILES string of the molecule is CN(c1ccccc1)S(=O)(=O)c1cccc(C(=O)Nc2nnc(SCc3ccccc3)s2)c1. The predicted octanol–water partition coefficient (Wildman–Crippen LogP) is 4.91. The number of sulfonamides is 1. The van der Waals surface area contributed by atoms with Crippen molar-refractivity contribution in [3.63, 3.8) is 0 Å². The molecule has 0 saturated heterocycles. The molecule has 0 saturated carbocycles. The molecular formula is C23H20N4O3S3. The van der Waals surface area contributed by atoms with Gasteiger partial charge in [-0.25, -0.2) is 8.42 Å². The van der Waals surface area contributed by atoms with Crippen LogP contribution in [-0.2, 0) is 15.8 Å². The molecule has 10 heteroatoms. The van der Waals surface area contributed by atoms with Crippen LogP contribution in [0.5, 0.6) is 0 Å². The fourth-order valence-electron chi connectivity index (χ4n) is 2.94. The molecule has 0 fully saturated rings. The second-order valence-electron chi connectivity index (χ2n) is 6.94. The van der Waals surface area contributed by atoms with E-state index in [9.17, 15) is 13.2 Å². The van der Waals surface area contributed by atoms with Crippen molar-refractivity contribution in [2.24, 2.45) is 0 Å². The number of carbonyl (C=O) groups excluding carboxylic acids is 1. The van der Waals surface area contributed by atoms with Gasteiger partial charge in [0, 0.05) is 18.4 Å². The molecule has 0 bridgehead atoms. The number of hydrogen-bond acceptors (Lipinski definition) is 7. The van der Waals surface area contributed by atoms with Crippen molar-refractivity contribution in [1.29, 1.82) is 0 Å². The van der Waals surface area contributed by atoms with Crippen LogP contribution in [0.2, 0.25) is 0 Å². The number of thioether (sulfide) groups is 1. The van der Waals surface area contributed by atoms with Crippen molar-refractivity contribution in [1.82, 2.24) is 10.2 Å². The standard InChI is InChI=1S/C23H20N4O3S3/c1-27(19-12-6-3-7-13-19)33(29,30)20-14-8-11-18(15-20)21(28)24-22-25-26-23(32-22)31-16-17-9-4-2-5-10-17/h2-15H,16H2,1H3,(H,24,25,28). The van der Waals surface area contributed by atoms with Gasteiger partial charge in [-0.3, -0.25) is 14.4 Å². The maximum absolute atomic E-state index is 13.0. The molecule has 0 aliphatic carbocycles. The van der Waals surface area contributed by atoms with Crippen LogP contribution in [0.3, 0.4) is 0 Å². The molecule has 0 spiro atoms. The van der Waals surface area contributed by atoms with Gasteiger partial charge in [-0.1, -0.05) is 77.7 Å². The van der Waals surface area contributed by atoms with Gasteiger partial charge in [0.1, 0.15) is 0 Å². The highest BCUT2D eigenvalue weighted by molar-refractivity contribution is 8.00. The van der Waals surface area contributed by atoms with E-state index in [2.05, 4.69) is 15.5 Å². The second-order valence-corrected chi connectivity index (χ2v) is 11.1. The number of anilines is 2. The summed E-state index contributed by atoms with van der Waals surface area (Å²) in [5.74, 6) is 0.295. The van der Waals surface area contributed by atoms with Gasteiger partial charge >= 0.3 is 0 Å². The summed E-state index contributed by atoms with van der Waals surface area (Å²) in [5, 5.41) is 11.2. The minimum Gasteiger partial charge on any atom is -0.296 e. The van der Waals surface area contributed by atoms with E-state index < -0.39 is 15.9 Å². The van der Waals surface area contributed by atoms with Crippen molar-refractivity contribution in [3.8, 4) is 0 Å². The molecule has 0 aliphatic heterocycles. The molecular weight excluding hydrogens is 476 g/mol. The number of amides is 1. The Morgan fingerprint density at radius 2 is 1.67 bits per heavy atom. The van der Waals surface area contributed by atoms with Gasteiger partial charge in [0.15, 0.2) is 4.34 Å². The molecule has 1 aromatic heterocycles. The van der Waals surface area contributed by atoms with Gasteiger partial charge < -0.3 is 0 Å². The number of carbonyl (C=O) groups is 1. The van der Waals surface area contributed by atoms with E-state index in [1.54, 1.807) is 36.4 Å². The average Bonchev–Trinajstić information content (AvgIpc) is 3.30. The molecule has 0 atom stereocenters. The Labute approximate surface area is 200 Å². The molecule has 0 aliphatic rings. The van der Waals surface area contributed by atoms with E-state index in [0.717, 1.165) is 10.1 Å². The Morgan fingerprint density at radius 1 is 0.970 bits per heavy atom. The maximum atomic E-state index is 13.0. The van der Waals surface area contributed by atoms with Crippen LogP contribution in [0.1, 0.15) is 15.9 Å². The molecule has 168 valence electrons. The van der Waals surface area contributed by atoms with E-state index in [-0.39, 0.29) is 10.5 Å². The first kappa shape index (κ1) is 23.0. The third-order valence-corrected chi connectivity index (χ3v) is 8.53. The lowest BCUT2D eigenvalue weighted by atomic mass is 10.2. The molecule has 33 heavy (non-hydrogen) atoms. The monoisotopic (exact) mass is 496 g/mol.